The van der Waals surface area contributed by atoms with Crippen LogP contribution in [0.1, 0.15) is 78.1 Å². The first kappa shape index (κ1) is 16.9. The van der Waals surface area contributed by atoms with Crippen LogP contribution in [0.15, 0.2) is 0 Å². The normalized spacial score (nSPS) is 14.8. The van der Waals surface area contributed by atoms with Gasteiger partial charge in [0.25, 0.3) is 0 Å². The lowest BCUT2D eigenvalue weighted by atomic mass is 9.93. The molecule has 0 spiro atoms. The van der Waals surface area contributed by atoms with Crippen molar-refractivity contribution >= 4 is 0 Å². The molecule has 0 saturated heterocycles. The molecule has 0 saturated carbocycles. The summed E-state index contributed by atoms with van der Waals surface area (Å²) in [6.07, 6.45) is 11.6. The Labute approximate surface area is 107 Å². The van der Waals surface area contributed by atoms with Crippen LogP contribution in [0.4, 0.5) is 0 Å². The molecule has 104 valence electrons. The molecule has 0 aliphatic carbocycles. The summed E-state index contributed by atoms with van der Waals surface area (Å²) in [5.41, 5.74) is 0. The third-order valence-electron chi connectivity index (χ3n) is 3.54. The van der Waals surface area contributed by atoms with E-state index in [1.54, 1.807) is 0 Å². The zero-order valence-corrected chi connectivity index (χ0v) is 11.8. The monoisotopic (exact) mass is 244 g/mol. The van der Waals surface area contributed by atoms with Gasteiger partial charge >= 0.3 is 0 Å². The molecule has 2 unspecified atom stereocenters. The topological polar surface area (TPSA) is 40.5 Å². The molecule has 0 rings (SSSR count). The summed E-state index contributed by atoms with van der Waals surface area (Å²) in [6.45, 7) is 4.45. The average Bonchev–Trinajstić information content (AvgIpc) is 2.33. The van der Waals surface area contributed by atoms with E-state index in [9.17, 15) is 10.2 Å². The Morgan fingerprint density at radius 2 is 1.35 bits per heavy atom. The SMILES string of the molecule is CCCCCCCCCC(CO)C(O)CCC. The fourth-order valence-corrected chi connectivity index (χ4v) is 2.30. The highest BCUT2D eigenvalue weighted by atomic mass is 16.3. The van der Waals surface area contributed by atoms with Gasteiger partial charge in [0.15, 0.2) is 0 Å². The number of aliphatic hydroxyl groups excluding tert-OH is 2. The van der Waals surface area contributed by atoms with E-state index in [0.29, 0.717) is 0 Å². The van der Waals surface area contributed by atoms with Crippen molar-refractivity contribution in [1.82, 2.24) is 0 Å². The van der Waals surface area contributed by atoms with Gasteiger partial charge in [0.05, 0.1) is 6.10 Å². The van der Waals surface area contributed by atoms with Crippen LogP contribution in [-0.4, -0.2) is 22.9 Å². The molecule has 0 heterocycles. The Hall–Kier alpha value is -0.0800. The van der Waals surface area contributed by atoms with E-state index in [4.69, 9.17) is 0 Å². The van der Waals surface area contributed by atoms with E-state index in [1.165, 1.54) is 38.5 Å². The maximum atomic E-state index is 9.82. The van der Waals surface area contributed by atoms with E-state index >= 15 is 0 Å². The summed E-state index contributed by atoms with van der Waals surface area (Å²) in [4.78, 5) is 0. The van der Waals surface area contributed by atoms with Crippen LogP contribution in [0, 0.1) is 5.92 Å². The lowest BCUT2D eigenvalue weighted by Gasteiger charge is -2.20. The maximum absolute atomic E-state index is 9.82. The highest BCUT2D eigenvalue weighted by Crippen LogP contribution is 2.18. The molecule has 2 atom stereocenters. The summed E-state index contributed by atoms with van der Waals surface area (Å²) in [6, 6.07) is 0. The minimum absolute atomic E-state index is 0.102. The zero-order chi connectivity index (χ0) is 12.9. The van der Waals surface area contributed by atoms with E-state index < -0.39 is 0 Å². The molecule has 0 amide bonds. The summed E-state index contributed by atoms with van der Waals surface area (Å²) >= 11 is 0. The largest absolute Gasteiger partial charge is 0.396 e. The molecule has 0 aliphatic rings. The van der Waals surface area contributed by atoms with Crippen LogP contribution < -0.4 is 0 Å². The fraction of sp³-hybridized carbons (Fsp3) is 1.00. The Balaban J connectivity index is 3.43. The molecule has 2 N–H and O–H groups in total. The minimum Gasteiger partial charge on any atom is -0.396 e. The second-order valence-corrected chi connectivity index (χ2v) is 5.21. The molecular formula is C15H32O2. The number of hydrogen-bond acceptors (Lipinski definition) is 2. The van der Waals surface area contributed by atoms with E-state index in [2.05, 4.69) is 13.8 Å². The van der Waals surface area contributed by atoms with Gasteiger partial charge < -0.3 is 10.2 Å². The molecule has 0 aliphatic heterocycles. The van der Waals surface area contributed by atoms with Gasteiger partial charge in [0, 0.05) is 12.5 Å². The molecule has 0 bridgehead atoms. The van der Waals surface area contributed by atoms with Crippen molar-refractivity contribution in [3.8, 4) is 0 Å². The molecule has 0 fully saturated rings. The number of aliphatic hydroxyl groups is 2. The highest BCUT2D eigenvalue weighted by molar-refractivity contribution is 4.67. The summed E-state index contributed by atoms with van der Waals surface area (Å²) in [7, 11) is 0. The van der Waals surface area contributed by atoms with Gasteiger partial charge in [0.1, 0.15) is 0 Å². The van der Waals surface area contributed by atoms with Gasteiger partial charge in [0.2, 0.25) is 0 Å². The first-order chi connectivity index (χ1) is 8.26. The zero-order valence-electron chi connectivity index (χ0n) is 11.8. The Kier molecular flexibility index (Phi) is 12.3. The van der Waals surface area contributed by atoms with Crippen LogP contribution in [0.5, 0.6) is 0 Å². The molecule has 2 heteroatoms. The predicted octanol–water partition coefficient (Wildman–Crippen LogP) is 3.90. The van der Waals surface area contributed by atoms with Crippen molar-refractivity contribution in [2.75, 3.05) is 6.61 Å². The van der Waals surface area contributed by atoms with E-state index in [-0.39, 0.29) is 18.6 Å². The van der Waals surface area contributed by atoms with Gasteiger partial charge in [-0.1, -0.05) is 65.2 Å². The summed E-state index contributed by atoms with van der Waals surface area (Å²) in [5.74, 6) is 0.102. The standard InChI is InChI=1S/C15H32O2/c1-3-5-6-7-8-9-10-12-14(13-16)15(17)11-4-2/h14-17H,3-13H2,1-2H3. The van der Waals surface area contributed by atoms with Crippen molar-refractivity contribution < 1.29 is 10.2 Å². The second kappa shape index (κ2) is 12.4. The van der Waals surface area contributed by atoms with Crippen LogP contribution in [0.2, 0.25) is 0 Å². The molecular weight excluding hydrogens is 212 g/mol. The van der Waals surface area contributed by atoms with E-state index in [1.807, 2.05) is 0 Å². The Morgan fingerprint density at radius 3 is 1.88 bits per heavy atom. The Morgan fingerprint density at radius 1 is 0.765 bits per heavy atom. The van der Waals surface area contributed by atoms with Crippen molar-refractivity contribution in [1.29, 1.82) is 0 Å². The van der Waals surface area contributed by atoms with Gasteiger partial charge in [-0.3, -0.25) is 0 Å². The lowest BCUT2D eigenvalue weighted by molar-refractivity contribution is 0.0543. The van der Waals surface area contributed by atoms with Crippen molar-refractivity contribution in [2.45, 2.75) is 84.2 Å². The first-order valence-corrected chi connectivity index (χ1v) is 7.55. The van der Waals surface area contributed by atoms with Crippen LogP contribution in [0.25, 0.3) is 0 Å². The molecule has 0 radical (unpaired) electrons. The predicted molar refractivity (Wildman–Crippen MR) is 74.1 cm³/mol. The van der Waals surface area contributed by atoms with Gasteiger partial charge in [-0.2, -0.15) is 0 Å². The number of hydrogen-bond donors (Lipinski definition) is 2. The van der Waals surface area contributed by atoms with E-state index in [0.717, 1.165) is 25.7 Å². The molecule has 0 aromatic carbocycles. The molecule has 0 aromatic rings. The van der Waals surface area contributed by atoms with Crippen LogP contribution in [-0.2, 0) is 0 Å². The van der Waals surface area contributed by atoms with Crippen LogP contribution in [0.3, 0.4) is 0 Å². The average molecular weight is 244 g/mol. The Bertz CT molecular complexity index is 148. The van der Waals surface area contributed by atoms with Crippen molar-refractivity contribution in [3.63, 3.8) is 0 Å². The van der Waals surface area contributed by atoms with Gasteiger partial charge in [-0.15, -0.1) is 0 Å². The fourth-order valence-electron chi connectivity index (χ4n) is 2.30. The second-order valence-electron chi connectivity index (χ2n) is 5.21. The van der Waals surface area contributed by atoms with Gasteiger partial charge in [-0.25, -0.2) is 0 Å². The molecule has 17 heavy (non-hydrogen) atoms. The highest BCUT2D eigenvalue weighted by Gasteiger charge is 2.16. The van der Waals surface area contributed by atoms with Gasteiger partial charge in [-0.05, 0) is 12.8 Å². The third kappa shape index (κ3) is 9.61. The molecule has 0 aromatic heterocycles. The first-order valence-electron chi connectivity index (χ1n) is 7.55. The minimum atomic E-state index is -0.301. The van der Waals surface area contributed by atoms with Crippen LogP contribution >= 0.6 is 0 Å². The number of unbranched alkanes of at least 4 members (excludes halogenated alkanes) is 6. The summed E-state index contributed by atoms with van der Waals surface area (Å²) in [5, 5.41) is 19.1. The van der Waals surface area contributed by atoms with Crippen molar-refractivity contribution in [2.24, 2.45) is 5.92 Å². The third-order valence-corrected chi connectivity index (χ3v) is 3.54. The smallest absolute Gasteiger partial charge is 0.0590 e. The molecule has 2 nitrogen and oxygen atoms in total. The van der Waals surface area contributed by atoms with Crippen molar-refractivity contribution in [3.05, 3.63) is 0 Å². The maximum Gasteiger partial charge on any atom is 0.0590 e. The lowest BCUT2D eigenvalue weighted by Crippen LogP contribution is -2.23. The summed E-state index contributed by atoms with van der Waals surface area (Å²) < 4.78 is 0. The number of rotatable bonds is 12. The quantitative estimate of drug-likeness (QED) is 0.511.